The van der Waals surface area contributed by atoms with Crippen molar-refractivity contribution in [1.29, 1.82) is 0 Å². The smallest absolute Gasteiger partial charge is 0.191 e. The number of methoxy groups -OCH3 is 1. The number of hydrogen-bond acceptors (Lipinski definition) is 5. The highest BCUT2D eigenvalue weighted by Gasteiger charge is 2.13. The van der Waals surface area contributed by atoms with Gasteiger partial charge in [0.05, 0.1) is 11.4 Å². The Morgan fingerprint density at radius 1 is 1.17 bits per heavy atom. The third-order valence-corrected chi connectivity index (χ3v) is 5.78. The lowest BCUT2D eigenvalue weighted by atomic mass is 10.2. The van der Waals surface area contributed by atoms with Gasteiger partial charge in [-0.2, -0.15) is 0 Å². The Morgan fingerprint density at radius 3 is 2.57 bits per heavy atom. The summed E-state index contributed by atoms with van der Waals surface area (Å²) in [5.41, 5.74) is 1.03. The Labute approximate surface area is 148 Å². The fourth-order valence-corrected chi connectivity index (χ4v) is 4.33. The van der Waals surface area contributed by atoms with E-state index >= 15 is 0 Å². The number of aromatic nitrogens is 3. The SMILES string of the molecule is CCn1c(SCc2ccc(Cl)s2)nnc1-c1ccc(OC)cc1. The van der Waals surface area contributed by atoms with Gasteiger partial charge in [-0.3, -0.25) is 0 Å². The third-order valence-electron chi connectivity index (χ3n) is 3.35. The zero-order valence-electron chi connectivity index (χ0n) is 12.8. The molecule has 2 aromatic heterocycles. The minimum atomic E-state index is 0.816. The van der Waals surface area contributed by atoms with Crippen LogP contribution in [0, 0.1) is 0 Å². The van der Waals surface area contributed by atoms with E-state index in [9.17, 15) is 0 Å². The van der Waals surface area contributed by atoms with Crippen molar-refractivity contribution in [3.05, 3.63) is 45.6 Å². The van der Waals surface area contributed by atoms with Gasteiger partial charge < -0.3 is 9.30 Å². The van der Waals surface area contributed by atoms with E-state index in [0.29, 0.717) is 0 Å². The zero-order chi connectivity index (χ0) is 16.2. The molecule has 1 aromatic carbocycles. The molecule has 0 atom stereocenters. The van der Waals surface area contributed by atoms with Crippen LogP contribution in [-0.2, 0) is 12.3 Å². The van der Waals surface area contributed by atoms with Crippen molar-refractivity contribution in [3.63, 3.8) is 0 Å². The summed E-state index contributed by atoms with van der Waals surface area (Å²) in [6.45, 7) is 2.92. The van der Waals surface area contributed by atoms with Crippen LogP contribution in [0.2, 0.25) is 4.34 Å². The first-order valence-electron chi connectivity index (χ1n) is 7.16. The zero-order valence-corrected chi connectivity index (χ0v) is 15.2. The van der Waals surface area contributed by atoms with Gasteiger partial charge in [-0.05, 0) is 43.3 Å². The number of halogens is 1. The highest BCUT2D eigenvalue weighted by molar-refractivity contribution is 7.98. The molecule has 4 nitrogen and oxygen atoms in total. The normalized spacial score (nSPS) is 10.9. The van der Waals surface area contributed by atoms with Crippen LogP contribution < -0.4 is 4.74 Å². The van der Waals surface area contributed by atoms with Crippen LogP contribution in [0.25, 0.3) is 11.4 Å². The lowest BCUT2D eigenvalue weighted by Crippen LogP contribution is -1.99. The molecule has 0 unspecified atom stereocenters. The summed E-state index contributed by atoms with van der Waals surface area (Å²) >= 11 is 9.25. The maximum absolute atomic E-state index is 5.98. The lowest BCUT2D eigenvalue weighted by molar-refractivity contribution is 0.415. The molecule has 3 rings (SSSR count). The number of nitrogens with zero attached hydrogens (tertiary/aromatic N) is 3. The standard InChI is InChI=1S/C16H16ClN3OS2/c1-3-20-15(11-4-6-12(21-2)7-5-11)18-19-16(20)22-10-13-8-9-14(17)23-13/h4-9H,3,10H2,1-2H3. The molecule has 0 bridgehead atoms. The predicted molar refractivity (Wildman–Crippen MR) is 96.6 cm³/mol. The molecule has 120 valence electrons. The molecule has 0 N–H and O–H groups in total. The summed E-state index contributed by atoms with van der Waals surface area (Å²) in [4.78, 5) is 1.23. The van der Waals surface area contributed by atoms with Crippen LogP contribution in [0.4, 0.5) is 0 Å². The Hall–Kier alpha value is -1.50. The molecule has 0 saturated carbocycles. The largest absolute Gasteiger partial charge is 0.497 e. The van der Waals surface area contributed by atoms with Crippen LogP contribution in [0.3, 0.4) is 0 Å². The molecule has 0 aliphatic rings. The van der Waals surface area contributed by atoms with Gasteiger partial charge in [0, 0.05) is 22.7 Å². The van der Waals surface area contributed by atoms with Crippen LogP contribution >= 0.6 is 34.7 Å². The minimum Gasteiger partial charge on any atom is -0.497 e. The van der Waals surface area contributed by atoms with Crippen molar-refractivity contribution in [2.24, 2.45) is 0 Å². The summed E-state index contributed by atoms with van der Waals surface area (Å²) in [5, 5.41) is 9.62. The molecule has 0 amide bonds. The van der Waals surface area contributed by atoms with E-state index in [4.69, 9.17) is 16.3 Å². The van der Waals surface area contributed by atoms with Crippen LogP contribution in [0.15, 0.2) is 41.6 Å². The fraction of sp³-hybridized carbons (Fsp3) is 0.250. The van der Waals surface area contributed by atoms with E-state index in [1.807, 2.05) is 30.3 Å². The predicted octanol–water partition coefficient (Wildman–Crippen LogP) is 4.98. The molecule has 0 saturated heterocycles. The van der Waals surface area contributed by atoms with Gasteiger partial charge in [0.2, 0.25) is 0 Å². The first-order valence-corrected chi connectivity index (χ1v) is 9.34. The van der Waals surface area contributed by atoms with Crippen molar-refractivity contribution in [1.82, 2.24) is 14.8 Å². The lowest BCUT2D eigenvalue weighted by Gasteiger charge is -2.07. The Bertz CT molecular complexity index is 783. The van der Waals surface area contributed by atoms with E-state index in [1.54, 1.807) is 30.2 Å². The highest BCUT2D eigenvalue weighted by atomic mass is 35.5. The van der Waals surface area contributed by atoms with Gasteiger partial charge in [-0.25, -0.2) is 0 Å². The molecule has 2 heterocycles. The Morgan fingerprint density at radius 2 is 1.96 bits per heavy atom. The molecule has 0 radical (unpaired) electrons. The van der Waals surface area contributed by atoms with E-state index in [1.165, 1.54) is 4.88 Å². The van der Waals surface area contributed by atoms with Crippen molar-refractivity contribution in [2.75, 3.05) is 7.11 Å². The highest BCUT2D eigenvalue weighted by Crippen LogP contribution is 2.30. The molecule has 23 heavy (non-hydrogen) atoms. The van der Waals surface area contributed by atoms with E-state index in [2.05, 4.69) is 27.8 Å². The van der Waals surface area contributed by atoms with Gasteiger partial charge in [0.15, 0.2) is 11.0 Å². The Kier molecular flexibility index (Phi) is 5.25. The Balaban J connectivity index is 1.81. The van der Waals surface area contributed by atoms with E-state index in [-0.39, 0.29) is 0 Å². The minimum absolute atomic E-state index is 0.816. The van der Waals surface area contributed by atoms with Crippen LogP contribution in [-0.4, -0.2) is 21.9 Å². The molecule has 3 aromatic rings. The van der Waals surface area contributed by atoms with Gasteiger partial charge >= 0.3 is 0 Å². The number of benzene rings is 1. The molecular weight excluding hydrogens is 350 g/mol. The van der Waals surface area contributed by atoms with Gasteiger partial charge in [0.1, 0.15) is 5.75 Å². The quantitative estimate of drug-likeness (QED) is 0.577. The molecular formula is C16H16ClN3OS2. The molecule has 0 aliphatic heterocycles. The number of thioether (sulfide) groups is 1. The number of thiophene rings is 1. The average molecular weight is 366 g/mol. The van der Waals surface area contributed by atoms with Gasteiger partial charge in [-0.1, -0.05) is 23.4 Å². The second-order valence-electron chi connectivity index (χ2n) is 4.77. The molecule has 7 heteroatoms. The van der Waals surface area contributed by atoms with E-state index < -0.39 is 0 Å². The number of hydrogen-bond donors (Lipinski definition) is 0. The summed E-state index contributed by atoms with van der Waals surface area (Å²) in [6.07, 6.45) is 0. The van der Waals surface area contributed by atoms with Gasteiger partial charge in [-0.15, -0.1) is 21.5 Å². The first-order chi connectivity index (χ1) is 11.2. The fourth-order valence-electron chi connectivity index (χ4n) is 2.20. The number of rotatable bonds is 6. The molecule has 0 fully saturated rings. The first kappa shape index (κ1) is 16.4. The van der Waals surface area contributed by atoms with E-state index in [0.717, 1.165) is 38.9 Å². The topological polar surface area (TPSA) is 39.9 Å². The summed E-state index contributed by atoms with van der Waals surface area (Å²) in [7, 11) is 1.66. The maximum atomic E-state index is 5.98. The van der Waals surface area contributed by atoms with Crippen molar-refractivity contribution in [3.8, 4) is 17.1 Å². The molecule has 0 spiro atoms. The van der Waals surface area contributed by atoms with Crippen LogP contribution in [0.5, 0.6) is 5.75 Å². The summed E-state index contributed by atoms with van der Waals surface area (Å²) < 4.78 is 8.14. The third kappa shape index (κ3) is 3.71. The summed E-state index contributed by atoms with van der Waals surface area (Å²) in [5.74, 6) is 2.56. The second-order valence-corrected chi connectivity index (χ2v) is 7.52. The van der Waals surface area contributed by atoms with Crippen molar-refractivity contribution >= 4 is 34.7 Å². The van der Waals surface area contributed by atoms with Crippen LogP contribution in [0.1, 0.15) is 11.8 Å². The maximum Gasteiger partial charge on any atom is 0.191 e. The van der Waals surface area contributed by atoms with Crippen molar-refractivity contribution < 1.29 is 4.74 Å². The summed E-state index contributed by atoms with van der Waals surface area (Å²) in [6, 6.07) is 11.9. The van der Waals surface area contributed by atoms with Gasteiger partial charge in [0.25, 0.3) is 0 Å². The molecule has 0 aliphatic carbocycles. The second kappa shape index (κ2) is 7.38. The van der Waals surface area contributed by atoms with Crippen molar-refractivity contribution in [2.45, 2.75) is 24.4 Å². The average Bonchev–Trinajstić information content (AvgIpc) is 3.18. The monoisotopic (exact) mass is 365 g/mol. The number of ether oxygens (including phenoxy) is 1.